The van der Waals surface area contributed by atoms with Crippen molar-refractivity contribution in [2.24, 2.45) is 0 Å². The van der Waals surface area contributed by atoms with Gasteiger partial charge in [-0.15, -0.1) is 0 Å². The number of rotatable bonds is 5. The van der Waals surface area contributed by atoms with E-state index in [0.29, 0.717) is 16.9 Å². The molecular weight excluding hydrogens is 350 g/mol. The summed E-state index contributed by atoms with van der Waals surface area (Å²) in [5.41, 5.74) is 0.647. The van der Waals surface area contributed by atoms with Gasteiger partial charge in [0.15, 0.2) is 0 Å². The van der Waals surface area contributed by atoms with Crippen LogP contribution in [0, 0.1) is 0 Å². The van der Waals surface area contributed by atoms with E-state index in [1.54, 1.807) is 54.6 Å². The summed E-state index contributed by atoms with van der Waals surface area (Å²) >= 11 is 0. The first-order valence-corrected chi connectivity index (χ1v) is 8.11. The number of benzene rings is 2. The molecule has 1 heterocycles. The second-order valence-corrected chi connectivity index (χ2v) is 5.94. The van der Waals surface area contributed by atoms with Gasteiger partial charge in [-0.3, -0.25) is 9.59 Å². The van der Waals surface area contributed by atoms with E-state index >= 15 is 0 Å². The molecule has 0 aromatic heterocycles. The van der Waals surface area contributed by atoms with Crippen molar-refractivity contribution in [3.63, 3.8) is 0 Å². The molecule has 1 atom stereocenters. The van der Waals surface area contributed by atoms with Gasteiger partial charge in [0.05, 0.1) is 31.2 Å². The molecule has 0 spiro atoms. The first kappa shape index (κ1) is 18.2. The lowest BCUT2D eigenvalue weighted by Crippen LogP contribution is -2.40. The molecule has 138 valence electrons. The molecule has 1 aliphatic heterocycles. The minimum absolute atomic E-state index is 0.169. The van der Waals surface area contributed by atoms with E-state index < -0.39 is 30.2 Å². The molecule has 0 unspecified atom stereocenters. The number of amides is 1. The highest BCUT2D eigenvalue weighted by Gasteiger charge is 2.46. The van der Waals surface area contributed by atoms with E-state index in [1.165, 1.54) is 7.11 Å². The van der Waals surface area contributed by atoms with Crippen LogP contribution >= 0.6 is 0 Å². The Morgan fingerprint density at radius 1 is 1.11 bits per heavy atom. The lowest BCUT2D eigenvalue weighted by molar-refractivity contribution is -0.306. The summed E-state index contributed by atoms with van der Waals surface area (Å²) in [7, 11) is 1.49. The summed E-state index contributed by atoms with van der Waals surface area (Å²) in [4.78, 5) is 37.0. The molecule has 0 bridgehead atoms. The number of ether oxygens (including phenoxy) is 1. The van der Waals surface area contributed by atoms with Gasteiger partial charge in [-0.1, -0.05) is 42.5 Å². The van der Waals surface area contributed by atoms with E-state index in [9.17, 15) is 24.6 Å². The monoisotopic (exact) mass is 366 g/mol. The van der Waals surface area contributed by atoms with Crippen molar-refractivity contribution in [1.82, 2.24) is 4.90 Å². The molecule has 1 N–H and O–H groups in total. The number of carboxylic acids is 1. The minimum atomic E-state index is -1.50. The SMILES string of the molecule is COc1ccc([C@@H]2C(=C(O)c3ccccc3)C(=O)C(=O)N2CC(=O)[O-])cc1. The molecular formula is C20H16NO6-. The van der Waals surface area contributed by atoms with Crippen molar-refractivity contribution < 1.29 is 29.3 Å². The number of likely N-dealkylation sites (tertiary alicyclic amines) is 1. The molecule has 0 radical (unpaired) electrons. The van der Waals surface area contributed by atoms with Gasteiger partial charge >= 0.3 is 0 Å². The number of carbonyl (C=O) groups is 3. The molecule has 7 nitrogen and oxygen atoms in total. The number of carboxylic acid groups (broad SMARTS) is 1. The number of methoxy groups -OCH3 is 1. The van der Waals surface area contributed by atoms with Crippen LogP contribution in [-0.2, 0) is 14.4 Å². The number of carbonyl (C=O) groups excluding carboxylic acids is 3. The maximum absolute atomic E-state index is 12.6. The van der Waals surface area contributed by atoms with Crippen molar-refractivity contribution in [2.45, 2.75) is 6.04 Å². The third-order valence-corrected chi connectivity index (χ3v) is 4.32. The maximum atomic E-state index is 12.6. The summed E-state index contributed by atoms with van der Waals surface area (Å²) in [5, 5.41) is 21.8. The van der Waals surface area contributed by atoms with Crippen molar-refractivity contribution in [1.29, 1.82) is 0 Å². The number of hydrogen-bond donors (Lipinski definition) is 1. The van der Waals surface area contributed by atoms with Gasteiger partial charge in [0.2, 0.25) is 0 Å². The van der Waals surface area contributed by atoms with Crippen molar-refractivity contribution in [3.05, 3.63) is 71.3 Å². The number of aliphatic hydroxyl groups is 1. The molecule has 7 heteroatoms. The molecule has 1 saturated heterocycles. The van der Waals surface area contributed by atoms with Crippen LogP contribution in [0.5, 0.6) is 5.75 Å². The third-order valence-electron chi connectivity index (χ3n) is 4.32. The fourth-order valence-electron chi connectivity index (χ4n) is 3.07. The average Bonchev–Trinajstić information content (AvgIpc) is 2.92. The topological polar surface area (TPSA) is 107 Å². The van der Waals surface area contributed by atoms with Gasteiger partial charge in [-0.25, -0.2) is 0 Å². The predicted octanol–water partition coefficient (Wildman–Crippen LogP) is 0.867. The lowest BCUT2D eigenvalue weighted by atomic mass is 9.95. The highest BCUT2D eigenvalue weighted by atomic mass is 16.5. The minimum Gasteiger partial charge on any atom is -0.548 e. The number of aliphatic hydroxyl groups excluding tert-OH is 1. The van der Waals surface area contributed by atoms with Crippen molar-refractivity contribution in [3.8, 4) is 5.75 Å². The van der Waals surface area contributed by atoms with Gasteiger partial charge in [0.25, 0.3) is 11.7 Å². The summed E-state index contributed by atoms with van der Waals surface area (Å²) in [6.45, 7) is -0.771. The van der Waals surface area contributed by atoms with Crippen LogP contribution in [0.4, 0.5) is 0 Å². The van der Waals surface area contributed by atoms with Crippen LogP contribution in [-0.4, -0.2) is 41.3 Å². The Labute approximate surface area is 155 Å². The molecule has 1 aliphatic rings. The van der Waals surface area contributed by atoms with Crippen LogP contribution < -0.4 is 9.84 Å². The summed E-state index contributed by atoms with van der Waals surface area (Å²) in [6, 6.07) is 13.7. The smallest absolute Gasteiger partial charge is 0.295 e. The maximum Gasteiger partial charge on any atom is 0.295 e. The van der Waals surface area contributed by atoms with Gasteiger partial charge in [0, 0.05) is 5.56 Å². The number of ketones is 1. The molecule has 27 heavy (non-hydrogen) atoms. The van der Waals surface area contributed by atoms with E-state index in [2.05, 4.69) is 0 Å². The fraction of sp³-hybridized carbons (Fsp3) is 0.150. The van der Waals surface area contributed by atoms with E-state index in [1.807, 2.05) is 0 Å². The molecule has 0 aliphatic carbocycles. The number of aliphatic carboxylic acids is 1. The fourth-order valence-corrected chi connectivity index (χ4v) is 3.07. The molecule has 1 amide bonds. The van der Waals surface area contributed by atoms with Gasteiger partial charge < -0.3 is 24.6 Å². The van der Waals surface area contributed by atoms with E-state index in [-0.39, 0.29) is 11.3 Å². The van der Waals surface area contributed by atoms with Crippen LogP contribution in [0.1, 0.15) is 17.2 Å². The predicted molar refractivity (Wildman–Crippen MR) is 93.5 cm³/mol. The Bertz CT molecular complexity index is 917. The van der Waals surface area contributed by atoms with Gasteiger partial charge in [0.1, 0.15) is 11.5 Å². The van der Waals surface area contributed by atoms with Crippen molar-refractivity contribution in [2.75, 3.05) is 13.7 Å². The summed E-state index contributed by atoms with van der Waals surface area (Å²) in [5.74, 6) is -3.26. The quantitative estimate of drug-likeness (QED) is 0.478. The zero-order valence-electron chi connectivity index (χ0n) is 14.4. The first-order chi connectivity index (χ1) is 12.9. The number of hydrogen-bond acceptors (Lipinski definition) is 6. The highest BCUT2D eigenvalue weighted by Crippen LogP contribution is 2.39. The zero-order valence-corrected chi connectivity index (χ0v) is 14.4. The van der Waals surface area contributed by atoms with Crippen LogP contribution in [0.25, 0.3) is 5.76 Å². The average molecular weight is 366 g/mol. The number of nitrogens with zero attached hydrogens (tertiary/aromatic N) is 1. The Balaban J connectivity index is 2.17. The standard InChI is InChI=1S/C20H17NO6/c1-27-14-9-7-12(8-10-14)17-16(18(24)13-5-3-2-4-6-13)19(25)20(26)21(17)11-15(22)23/h2-10,17,24H,11H2,1H3,(H,22,23)/p-1/t17-/m1/s1. The third kappa shape index (κ3) is 3.39. The molecule has 0 saturated carbocycles. The highest BCUT2D eigenvalue weighted by molar-refractivity contribution is 6.46. The second kappa shape index (κ2) is 7.33. The van der Waals surface area contributed by atoms with Crippen LogP contribution in [0.3, 0.4) is 0 Å². The largest absolute Gasteiger partial charge is 0.548 e. The molecule has 1 fully saturated rings. The van der Waals surface area contributed by atoms with E-state index in [4.69, 9.17) is 4.74 Å². The number of Topliss-reactive ketones (excluding diaryl/α,β-unsaturated/α-hetero) is 1. The summed E-state index contributed by atoms with van der Waals surface area (Å²) in [6.07, 6.45) is 0. The van der Waals surface area contributed by atoms with Crippen LogP contribution in [0.2, 0.25) is 0 Å². The first-order valence-electron chi connectivity index (χ1n) is 8.11. The lowest BCUT2D eigenvalue weighted by Gasteiger charge is -2.25. The molecule has 2 aromatic rings. The van der Waals surface area contributed by atoms with Gasteiger partial charge in [-0.2, -0.15) is 0 Å². The van der Waals surface area contributed by atoms with Crippen molar-refractivity contribution >= 4 is 23.4 Å². The second-order valence-electron chi connectivity index (χ2n) is 5.94. The Morgan fingerprint density at radius 3 is 2.30 bits per heavy atom. The van der Waals surface area contributed by atoms with Crippen LogP contribution in [0.15, 0.2) is 60.2 Å². The molecule has 2 aromatic carbocycles. The zero-order chi connectivity index (χ0) is 19.6. The normalized spacial score (nSPS) is 18.6. The summed E-state index contributed by atoms with van der Waals surface area (Å²) < 4.78 is 5.10. The molecule has 3 rings (SSSR count). The Kier molecular flexibility index (Phi) is 4.94. The Hall–Kier alpha value is -3.61. The van der Waals surface area contributed by atoms with E-state index in [0.717, 1.165) is 4.90 Å². The Morgan fingerprint density at radius 2 is 1.74 bits per heavy atom. The van der Waals surface area contributed by atoms with Gasteiger partial charge in [-0.05, 0) is 17.7 Å².